The fraction of sp³-hybridized carbons (Fsp3) is 0.625. The molecule has 1 unspecified atom stereocenters. The molecule has 0 aromatic rings. The standard InChI is InChI=1S/C8H13N3O5/c9-4(1-2-6(12)13)7(14)10-5-3-16-11-8(5)15/h4-5H,1-3,9H2,(H,10,14)(H,11,15)(H,12,13)/t4?,5-/m1/s1. The van der Waals surface area contributed by atoms with E-state index in [-0.39, 0.29) is 19.4 Å². The number of rotatable bonds is 5. The molecule has 1 saturated heterocycles. The van der Waals surface area contributed by atoms with Crippen molar-refractivity contribution in [2.75, 3.05) is 6.61 Å². The molecule has 8 heteroatoms. The second-order valence-corrected chi connectivity index (χ2v) is 3.38. The number of hydrogen-bond donors (Lipinski definition) is 4. The van der Waals surface area contributed by atoms with Crippen LogP contribution >= 0.6 is 0 Å². The molecule has 16 heavy (non-hydrogen) atoms. The summed E-state index contributed by atoms with van der Waals surface area (Å²) in [5.41, 5.74) is 7.52. The van der Waals surface area contributed by atoms with Crippen LogP contribution in [0.1, 0.15) is 12.8 Å². The van der Waals surface area contributed by atoms with Crippen LogP contribution in [-0.2, 0) is 19.2 Å². The molecule has 2 atom stereocenters. The van der Waals surface area contributed by atoms with E-state index in [1.54, 1.807) is 0 Å². The molecule has 0 aromatic carbocycles. The van der Waals surface area contributed by atoms with Gasteiger partial charge in [-0.1, -0.05) is 0 Å². The van der Waals surface area contributed by atoms with Gasteiger partial charge in [0.05, 0.1) is 6.04 Å². The normalized spacial score (nSPS) is 21.3. The Bertz CT molecular complexity index is 306. The number of carboxylic acid groups (broad SMARTS) is 1. The Morgan fingerprint density at radius 1 is 1.69 bits per heavy atom. The SMILES string of the molecule is NC(CCC(=O)O)C(=O)N[C@@H]1CONC1=O. The van der Waals surface area contributed by atoms with Gasteiger partial charge in [-0.25, -0.2) is 5.48 Å². The van der Waals surface area contributed by atoms with Gasteiger partial charge in [-0.2, -0.15) is 0 Å². The molecule has 1 rings (SSSR count). The maximum absolute atomic E-state index is 11.4. The Balaban J connectivity index is 2.33. The van der Waals surface area contributed by atoms with E-state index in [4.69, 9.17) is 10.8 Å². The number of hydroxylamine groups is 1. The molecule has 2 amide bonds. The van der Waals surface area contributed by atoms with E-state index < -0.39 is 29.9 Å². The molecule has 5 N–H and O–H groups in total. The summed E-state index contributed by atoms with van der Waals surface area (Å²) in [6, 6.07) is -1.70. The summed E-state index contributed by atoms with van der Waals surface area (Å²) in [6.45, 7) is 0.0379. The number of hydrogen-bond acceptors (Lipinski definition) is 5. The van der Waals surface area contributed by atoms with E-state index in [1.807, 2.05) is 0 Å². The van der Waals surface area contributed by atoms with Crippen LogP contribution < -0.4 is 16.5 Å². The van der Waals surface area contributed by atoms with E-state index in [9.17, 15) is 14.4 Å². The minimum Gasteiger partial charge on any atom is -0.481 e. The van der Waals surface area contributed by atoms with Crippen molar-refractivity contribution in [2.24, 2.45) is 5.73 Å². The molecule has 0 radical (unpaired) electrons. The molecule has 90 valence electrons. The third-order valence-electron chi connectivity index (χ3n) is 2.06. The number of carboxylic acids is 1. The number of aliphatic carboxylic acids is 1. The summed E-state index contributed by atoms with van der Waals surface area (Å²) in [6.07, 6.45) is -0.168. The van der Waals surface area contributed by atoms with Crippen molar-refractivity contribution >= 4 is 17.8 Å². The molecular weight excluding hydrogens is 218 g/mol. The van der Waals surface area contributed by atoms with E-state index >= 15 is 0 Å². The van der Waals surface area contributed by atoms with Gasteiger partial charge in [-0.15, -0.1) is 0 Å². The highest BCUT2D eigenvalue weighted by Crippen LogP contribution is 1.98. The van der Waals surface area contributed by atoms with Crippen LogP contribution in [-0.4, -0.2) is 41.6 Å². The number of carbonyl (C=O) groups is 3. The fourth-order valence-electron chi connectivity index (χ4n) is 1.14. The van der Waals surface area contributed by atoms with Gasteiger partial charge < -0.3 is 16.2 Å². The van der Waals surface area contributed by atoms with Crippen LogP contribution in [0.2, 0.25) is 0 Å². The van der Waals surface area contributed by atoms with Crippen LogP contribution in [0.5, 0.6) is 0 Å². The van der Waals surface area contributed by atoms with Gasteiger partial charge in [-0.3, -0.25) is 19.2 Å². The average Bonchev–Trinajstić information content (AvgIpc) is 2.60. The molecule has 8 nitrogen and oxygen atoms in total. The maximum atomic E-state index is 11.4. The molecule has 0 aromatic heterocycles. The van der Waals surface area contributed by atoms with Gasteiger partial charge in [0.15, 0.2) is 0 Å². The average molecular weight is 231 g/mol. The molecule has 0 spiro atoms. The lowest BCUT2D eigenvalue weighted by Gasteiger charge is -2.13. The Labute approximate surface area is 91.1 Å². The molecule has 1 aliphatic rings. The predicted octanol–water partition coefficient (Wildman–Crippen LogP) is -2.28. The molecule has 0 bridgehead atoms. The molecule has 0 saturated carbocycles. The Hall–Kier alpha value is -1.67. The molecular formula is C8H13N3O5. The third kappa shape index (κ3) is 3.48. The minimum absolute atomic E-state index is 0.0242. The smallest absolute Gasteiger partial charge is 0.303 e. The topological polar surface area (TPSA) is 131 Å². The zero-order chi connectivity index (χ0) is 12.1. The number of carbonyl (C=O) groups excluding carboxylic acids is 2. The minimum atomic E-state index is -1.02. The third-order valence-corrected chi connectivity index (χ3v) is 2.06. The second kappa shape index (κ2) is 5.42. The van der Waals surface area contributed by atoms with Gasteiger partial charge in [0.1, 0.15) is 12.6 Å². The molecule has 1 fully saturated rings. The fourth-order valence-corrected chi connectivity index (χ4v) is 1.14. The van der Waals surface area contributed by atoms with E-state index in [0.29, 0.717) is 0 Å². The number of nitrogens with two attached hydrogens (primary N) is 1. The summed E-state index contributed by atoms with van der Waals surface area (Å²) in [7, 11) is 0. The second-order valence-electron chi connectivity index (χ2n) is 3.38. The lowest BCUT2D eigenvalue weighted by Crippen LogP contribution is -2.49. The molecule has 1 heterocycles. The highest BCUT2D eigenvalue weighted by atomic mass is 16.7. The van der Waals surface area contributed by atoms with Crippen molar-refractivity contribution in [1.82, 2.24) is 10.8 Å². The first-order chi connectivity index (χ1) is 7.50. The van der Waals surface area contributed by atoms with Crippen molar-refractivity contribution in [2.45, 2.75) is 24.9 Å². The van der Waals surface area contributed by atoms with Crippen molar-refractivity contribution in [3.8, 4) is 0 Å². The Morgan fingerprint density at radius 3 is 2.88 bits per heavy atom. The molecule has 1 aliphatic heterocycles. The van der Waals surface area contributed by atoms with E-state index in [1.165, 1.54) is 0 Å². The van der Waals surface area contributed by atoms with Crippen molar-refractivity contribution in [1.29, 1.82) is 0 Å². The summed E-state index contributed by atoms with van der Waals surface area (Å²) in [5.74, 6) is -2.03. The summed E-state index contributed by atoms with van der Waals surface area (Å²) in [4.78, 5) is 37.3. The zero-order valence-corrected chi connectivity index (χ0v) is 8.43. The first kappa shape index (κ1) is 12.4. The van der Waals surface area contributed by atoms with Gasteiger partial charge in [-0.05, 0) is 6.42 Å². The Morgan fingerprint density at radius 2 is 2.38 bits per heavy atom. The Kier molecular flexibility index (Phi) is 4.20. The van der Waals surface area contributed by atoms with Gasteiger partial charge in [0, 0.05) is 6.42 Å². The van der Waals surface area contributed by atoms with Crippen LogP contribution in [0.4, 0.5) is 0 Å². The number of amides is 2. The lowest BCUT2D eigenvalue weighted by atomic mass is 10.1. The lowest BCUT2D eigenvalue weighted by molar-refractivity contribution is -0.137. The zero-order valence-electron chi connectivity index (χ0n) is 8.43. The highest BCUT2D eigenvalue weighted by molar-refractivity contribution is 5.90. The summed E-state index contributed by atoms with van der Waals surface area (Å²) >= 11 is 0. The van der Waals surface area contributed by atoms with Crippen LogP contribution in [0, 0.1) is 0 Å². The van der Waals surface area contributed by atoms with E-state index in [0.717, 1.165) is 0 Å². The number of nitrogens with one attached hydrogen (secondary N) is 2. The molecule has 0 aliphatic carbocycles. The van der Waals surface area contributed by atoms with E-state index in [2.05, 4.69) is 15.6 Å². The van der Waals surface area contributed by atoms with Gasteiger partial charge >= 0.3 is 5.97 Å². The van der Waals surface area contributed by atoms with Crippen molar-refractivity contribution in [3.63, 3.8) is 0 Å². The van der Waals surface area contributed by atoms with Crippen LogP contribution in [0.15, 0.2) is 0 Å². The first-order valence-corrected chi connectivity index (χ1v) is 4.70. The maximum Gasteiger partial charge on any atom is 0.303 e. The monoisotopic (exact) mass is 231 g/mol. The van der Waals surface area contributed by atoms with Crippen molar-refractivity contribution in [3.05, 3.63) is 0 Å². The predicted molar refractivity (Wildman–Crippen MR) is 50.9 cm³/mol. The van der Waals surface area contributed by atoms with Gasteiger partial charge in [0.2, 0.25) is 5.91 Å². The largest absolute Gasteiger partial charge is 0.481 e. The first-order valence-electron chi connectivity index (χ1n) is 4.70. The van der Waals surface area contributed by atoms with Crippen molar-refractivity contribution < 1.29 is 24.3 Å². The van der Waals surface area contributed by atoms with Crippen LogP contribution in [0.25, 0.3) is 0 Å². The highest BCUT2D eigenvalue weighted by Gasteiger charge is 2.28. The summed E-state index contributed by atoms with van der Waals surface area (Å²) in [5, 5.41) is 10.8. The van der Waals surface area contributed by atoms with Crippen LogP contribution in [0.3, 0.4) is 0 Å². The quantitative estimate of drug-likeness (QED) is 0.422. The summed E-state index contributed by atoms with van der Waals surface area (Å²) < 4.78 is 0. The van der Waals surface area contributed by atoms with Gasteiger partial charge in [0.25, 0.3) is 5.91 Å².